The zero-order valence-electron chi connectivity index (χ0n) is 9.16. The van der Waals surface area contributed by atoms with E-state index in [1.165, 1.54) is 6.92 Å². The number of hydrogen-bond acceptors (Lipinski definition) is 2. The fourth-order valence-corrected chi connectivity index (χ4v) is 1.20. The highest BCUT2D eigenvalue weighted by Crippen LogP contribution is 2.15. The van der Waals surface area contributed by atoms with Gasteiger partial charge in [-0.15, -0.1) is 0 Å². The van der Waals surface area contributed by atoms with Crippen LogP contribution >= 0.6 is 0 Å². The van der Waals surface area contributed by atoms with E-state index in [1.807, 2.05) is 13.8 Å². The first kappa shape index (κ1) is 11.7. The Kier molecular flexibility index (Phi) is 3.83. The van der Waals surface area contributed by atoms with Crippen molar-refractivity contribution in [3.05, 3.63) is 29.8 Å². The van der Waals surface area contributed by atoms with E-state index in [1.54, 1.807) is 24.3 Å². The zero-order valence-corrected chi connectivity index (χ0v) is 9.16. The minimum atomic E-state index is -1.46. The van der Waals surface area contributed by atoms with E-state index in [2.05, 4.69) is 0 Å². The van der Waals surface area contributed by atoms with Crippen molar-refractivity contribution >= 4 is 5.78 Å². The number of carbonyl (C=O) groups is 1. The van der Waals surface area contributed by atoms with Crippen molar-refractivity contribution in [2.24, 2.45) is 0 Å². The van der Waals surface area contributed by atoms with Crippen molar-refractivity contribution in [2.45, 2.75) is 33.0 Å². The second-order valence-electron chi connectivity index (χ2n) is 3.67. The third kappa shape index (κ3) is 3.35. The molecule has 1 atom stereocenters. The average Bonchev–Trinajstić information content (AvgIpc) is 2.17. The Labute approximate surface area is 89.1 Å². The summed E-state index contributed by atoms with van der Waals surface area (Å²) in [6, 6.07) is 6.51. The van der Waals surface area contributed by atoms with Gasteiger partial charge in [-0.25, -0.2) is 4.39 Å². The molecule has 0 amide bonds. The van der Waals surface area contributed by atoms with E-state index >= 15 is 0 Å². The van der Waals surface area contributed by atoms with Gasteiger partial charge in [0.15, 0.2) is 12.0 Å². The van der Waals surface area contributed by atoms with Gasteiger partial charge in [-0.3, -0.25) is 4.79 Å². The van der Waals surface area contributed by atoms with Gasteiger partial charge in [0, 0.05) is 5.56 Å². The molecule has 1 rings (SSSR count). The molecular formula is C12H15FO2. The maximum atomic E-state index is 12.7. The largest absolute Gasteiger partial charge is 0.491 e. The lowest BCUT2D eigenvalue weighted by atomic mass is 10.1. The molecule has 0 fully saturated rings. The van der Waals surface area contributed by atoms with Gasteiger partial charge in [-0.2, -0.15) is 0 Å². The molecule has 15 heavy (non-hydrogen) atoms. The summed E-state index contributed by atoms with van der Waals surface area (Å²) < 4.78 is 18.1. The summed E-state index contributed by atoms with van der Waals surface area (Å²) in [4.78, 5) is 11.3. The van der Waals surface area contributed by atoms with Crippen LogP contribution in [0.1, 0.15) is 31.1 Å². The third-order valence-corrected chi connectivity index (χ3v) is 1.87. The number of carbonyl (C=O) groups excluding carboxylic acids is 1. The molecule has 0 heterocycles. The summed E-state index contributed by atoms with van der Waals surface area (Å²) in [6.07, 6.45) is -1.37. The number of benzene rings is 1. The zero-order chi connectivity index (χ0) is 11.4. The second-order valence-corrected chi connectivity index (χ2v) is 3.67. The number of halogens is 1. The molecule has 0 radical (unpaired) electrons. The van der Waals surface area contributed by atoms with Crippen molar-refractivity contribution in [3.63, 3.8) is 0 Å². The monoisotopic (exact) mass is 210 g/mol. The van der Waals surface area contributed by atoms with Crippen LogP contribution in [0, 0.1) is 0 Å². The van der Waals surface area contributed by atoms with Crippen LogP contribution in [0.2, 0.25) is 0 Å². The lowest BCUT2D eigenvalue weighted by Crippen LogP contribution is -2.11. The topological polar surface area (TPSA) is 26.3 Å². The van der Waals surface area contributed by atoms with Crippen molar-refractivity contribution in [2.75, 3.05) is 0 Å². The van der Waals surface area contributed by atoms with E-state index in [0.29, 0.717) is 11.3 Å². The SMILES string of the molecule is CC(C)Oc1ccc(C(=O)C(C)F)cc1. The summed E-state index contributed by atoms with van der Waals surface area (Å²) in [7, 11) is 0. The van der Waals surface area contributed by atoms with Gasteiger partial charge in [0.05, 0.1) is 6.10 Å². The van der Waals surface area contributed by atoms with E-state index in [9.17, 15) is 9.18 Å². The van der Waals surface area contributed by atoms with Crippen LogP contribution < -0.4 is 4.74 Å². The average molecular weight is 210 g/mol. The standard InChI is InChI=1S/C12H15FO2/c1-8(2)15-11-6-4-10(5-7-11)12(14)9(3)13/h4-9H,1-3H3. The Hall–Kier alpha value is -1.38. The molecule has 0 bridgehead atoms. The minimum absolute atomic E-state index is 0.0895. The predicted molar refractivity (Wildman–Crippen MR) is 57.1 cm³/mol. The molecule has 0 aliphatic rings. The van der Waals surface area contributed by atoms with Crippen molar-refractivity contribution in [1.29, 1.82) is 0 Å². The summed E-state index contributed by atoms with van der Waals surface area (Å²) in [5.74, 6) is 0.194. The molecule has 0 aliphatic heterocycles. The molecule has 0 saturated heterocycles. The summed E-state index contributed by atoms with van der Waals surface area (Å²) in [5.41, 5.74) is 0.376. The van der Waals surface area contributed by atoms with Gasteiger partial charge in [0.25, 0.3) is 0 Å². The van der Waals surface area contributed by atoms with Crippen LogP contribution in [0.5, 0.6) is 5.75 Å². The van der Waals surface area contributed by atoms with Crippen LogP contribution in [-0.2, 0) is 0 Å². The molecule has 1 aromatic carbocycles. The Morgan fingerprint density at radius 1 is 1.20 bits per heavy atom. The van der Waals surface area contributed by atoms with Crippen LogP contribution in [-0.4, -0.2) is 18.1 Å². The quantitative estimate of drug-likeness (QED) is 0.714. The van der Waals surface area contributed by atoms with Crippen LogP contribution in [0.15, 0.2) is 24.3 Å². The highest BCUT2D eigenvalue weighted by molar-refractivity contribution is 5.99. The Morgan fingerprint density at radius 3 is 2.13 bits per heavy atom. The van der Waals surface area contributed by atoms with Gasteiger partial charge < -0.3 is 4.74 Å². The van der Waals surface area contributed by atoms with Crippen LogP contribution in [0.3, 0.4) is 0 Å². The second kappa shape index (κ2) is 4.91. The normalized spacial score (nSPS) is 12.6. The summed E-state index contributed by atoms with van der Waals surface area (Å²) >= 11 is 0. The molecule has 0 aromatic heterocycles. The molecule has 82 valence electrons. The summed E-state index contributed by atoms with van der Waals surface area (Å²) in [6.45, 7) is 5.08. The lowest BCUT2D eigenvalue weighted by Gasteiger charge is -2.09. The number of alkyl halides is 1. The van der Waals surface area contributed by atoms with Crippen LogP contribution in [0.4, 0.5) is 4.39 Å². The van der Waals surface area contributed by atoms with Crippen molar-refractivity contribution in [3.8, 4) is 5.75 Å². The van der Waals surface area contributed by atoms with E-state index in [0.717, 1.165) is 0 Å². The smallest absolute Gasteiger partial charge is 0.196 e. The highest BCUT2D eigenvalue weighted by atomic mass is 19.1. The maximum absolute atomic E-state index is 12.7. The first-order valence-electron chi connectivity index (χ1n) is 4.95. The number of rotatable bonds is 4. The molecule has 2 nitrogen and oxygen atoms in total. The van der Waals surface area contributed by atoms with Gasteiger partial charge in [-0.1, -0.05) is 0 Å². The molecule has 1 unspecified atom stereocenters. The third-order valence-electron chi connectivity index (χ3n) is 1.87. The van der Waals surface area contributed by atoms with Crippen molar-refractivity contribution in [1.82, 2.24) is 0 Å². The van der Waals surface area contributed by atoms with Gasteiger partial charge in [0.2, 0.25) is 0 Å². The number of ether oxygens (including phenoxy) is 1. The molecule has 0 aliphatic carbocycles. The molecule has 0 saturated carbocycles. The van der Waals surface area contributed by atoms with Gasteiger partial charge >= 0.3 is 0 Å². The molecular weight excluding hydrogens is 195 g/mol. The first-order chi connectivity index (χ1) is 7.00. The number of hydrogen-bond donors (Lipinski definition) is 0. The predicted octanol–water partition coefficient (Wildman–Crippen LogP) is 3.01. The minimum Gasteiger partial charge on any atom is -0.491 e. The van der Waals surface area contributed by atoms with E-state index in [-0.39, 0.29) is 6.10 Å². The maximum Gasteiger partial charge on any atom is 0.196 e. The van der Waals surface area contributed by atoms with Crippen molar-refractivity contribution < 1.29 is 13.9 Å². The molecule has 1 aromatic rings. The lowest BCUT2D eigenvalue weighted by molar-refractivity contribution is 0.0893. The Bertz CT molecular complexity index is 328. The van der Waals surface area contributed by atoms with E-state index < -0.39 is 12.0 Å². The molecule has 0 spiro atoms. The van der Waals surface area contributed by atoms with Gasteiger partial charge in [-0.05, 0) is 45.0 Å². The summed E-state index contributed by atoms with van der Waals surface area (Å²) in [5, 5.41) is 0. The van der Waals surface area contributed by atoms with E-state index in [4.69, 9.17) is 4.74 Å². The highest BCUT2D eigenvalue weighted by Gasteiger charge is 2.13. The Balaban J connectivity index is 2.76. The van der Waals surface area contributed by atoms with Crippen LogP contribution in [0.25, 0.3) is 0 Å². The van der Waals surface area contributed by atoms with Gasteiger partial charge in [0.1, 0.15) is 5.75 Å². The Morgan fingerprint density at radius 2 is 1.73 bits per heavy atom. The first-order valence-corrected chi connectivity index (χ1v) is 4.95. The molecule has 0 N–H and O–H groups in total. The number of Topliss-reactive ketones (excluding diaryl/α,β-unsaturated/α-hetero) is 1. The fraction of sp³-hybridized carbons (Fsp3) is 0.417. The fourth-order valence-electron chi connectivity index (χ4n) is 1.20. The number of ketones is 1. The molecule has 3 heteroatoms.